The van der Waals surface area contributed by atoms with Crippen molar-refractivity contribution < 1.29 is 0 Å². The van der Waals surface area contributed by atoms with Crippen LogP contribution >= 0.6 is 15.8 Å². The predicted octanol–water partition coefficient (Wildman–Crippen LogP) is 7.30. The lowest BCUT2D eigenvalue weighted by Gasteiger charge is -2.66. The van der Waals surface area contributed by atoms with Gasteiger partial charge in [0.15, 0.2) is 0 Å². The third kappa shape index (κ3) is 2.23. The molecule has 0 nitrogen and oxygen atoms in total. The van der Waals surface area contributed by atoms with Crippen LogP contribution in [0, 0.1) is 46.3 Å². The zero-order valence-corrected chi connectivity index (χ0v) is 18.4. The number of halogens is 1. The van der Waals surface area contributed by atoms with E-state index in [1.54, 1.807) is 0 Å². The SMILES string of the molecule is CC[C@H]1[C@@H](B(Br)[C@H]2C[C@@H]3C[C@@H]([C@H]2CC)C3(C)C)C[C@@H]2C[C@@H]1C2(C)C. The summed E-state index contributed by atoms with van der Waals surface area (Å²) in [7, 11) is 0. The summed E-state index contributed by atoms with van der Waals surface area (Å²) in [5, 5.41) is 0. The Morgan fingerprint density at radius 3 is 1.42 bits per heavy atom. The van der Waals surface area contributed by atoms with Crippen LogP contribution in [-0.4, -0.2) is 5.54 Å². The molecule has 0 N–H and O–H groups in total. The van der Waals surface area contributed by atoms with E-state index >= 15 is 0 Å². The highest BCUT2D eigenvalue weighted by Gasteiger charge is 2.62. The molecular formula is C22H38BBr. The third-order valence-electron chi connectivity index (χ3n) is 10.1. The van der Waals surface area contributed by atoms with Crippen molar-refractivity contribution in [2.75, 3.05) is 0 Å². The lowest BCUT2D eigenvalue weighted by atomic mass is 9.30. The molecule has 136 valence electrons. The molecule has 0 unspecified atom stereocenters. The van der Waals surface area contributed by atoms with Crippen LogP contribution in [0.1, 0.15) is 80.1 Å². The van der Waals surface area contributed by atoms with E-state index in [9.17, 15) is 0 Å². The molecule has 6 saturated carbocycles. The lowest BCUT2D eigenvalue weighted by molar-refractivity contribution is -0.113. The van der Waals surface area contributed by atoms with E-state index in [1.165, 1.54) is 38.5 Å². The molecule has 0 radical (unpaired) electrons. The zero-order chi connectivity index (χ0) is 17.4. The predicted molar refractivity (Wildman–Crippen MR) is 110 cm³/mol. The summed E-state index contributed by atoms with van der Waals surface area (Å²) in [6.45, 7) is 15.2. The first-order valence-electron chi connectivity index (χ1n) is 10.9. The van der Waals surface area contributed by atoms with Crippen LogP contribution in [0.4, 0.5) is 0 Å². The first-order valence-corrected chi connectivity index (χ1v) is 11.8. The topological polar surface area (TPSA) is 0 Å². The van der Waals surface area contributed by atoms with E-state index < -0.39 is 0 Å². The van der Waals surface area contributed by atoms with Crippen molar-refractivity contribution in [3.8, 4) is 0 Å². The Morgan fingerprint density at radius 1 is 0.750 bits per heavy atom. The second-order valence-electron chi connectivity index (χ2n) is 11.1. The molecule has 6 aliphatic rings. The van der Waals surface area contributed by atoms with Gasteiger partial charge < -0.3 is 0 Å². The summed E-state index contributed by atoms with van der Waals surface area (Å²) in [6.07, 6.45) is 8.86. The minimum Gasteiger partial charge on any atom is -0.156 e. The van der Waals surface area contributed by atoms with Gasteiger partial charge in [0.1, 0.15) is 0 Å². The molecule has 0 aromatic rings. The number of rotatable bonds is 4. The lowest BCUT2D eigenvalue weighted by Crippen LogP contribution is -2.59. The minimum absolute atomic E-state index is 0.630. The van der Waals surface area contributed by atoms with E-state index in [4.69, 9.17) is 0 Å². The van der Waals surface area contributed by atoms with Crippen LogP contribution in [0.25, 0.3) is 0 Å². The molecule has 8 atom stereocenters. The number of hydrogen-bond acceptors (Lipinski definition) is 0. The van der Waals surface area contributed by atoms with Crippen molar-refractivity contribution in [2.24, 2.45) is 46.3 Å². The van der Waals surface area contributed by atoms with Gasteiger partial charge in [-0.05, 0) is 70.8 Å². The minimum atomic E-state index is 0.630. The maximum Gasteiger partial charge on any atom is 0.229 e. The van der Waals surface area contributed by atoms with E-state index in [0.29, 0.717) is 10.8 Å². The highest BCUT2D eigenvalue weighted by Crippen LogP contribution is 2.70. The van der Waals surface area contributed by atoms with Crippen LogP contribution in [0.5, 0.6) is 0 Å². The largest absolute Gasteiger partial charge is 0.229 e. The summed E-state index contributed by atoms with van der Waals surface area (Å²) < 4.78 is 0. The summed E-state index contributed by atoms with van der Waals surface area (Å²) in [5.74, 6) is 7.85. The quantitative estimate of drug-likeness (QED) is 0.440. The van der Waals surface area contributed by atoms with Gasteiger partial charge in [-0.15, -0.1) is 0 Å². The van der Waals surface area contributed by atoms with Crippen molar-refractivity contribution in [3.63, 3.8) is 0 Å². The fourth-order valence-electron chi connectivity index (χ4n) is 8.19. The van der Waals surface area contributed by atoms with Gasteiger partial charge in [0.2, 0.25) is 5.54 Å². The molecule has 6 aliphatic carbocycles. The van der Waals surface area contributed by atoms with Gasteiger partial charge in [0.25, 0.3) is 0 Å². The Kier molecular flexibility index (Phi) is 4.31. The third-order valence-corrected chi connectivity index (χ3v) is 11.5. The summed E-state index contributed by atoms with van der Waals surface area (Å²) in [5.41, 5.74) is 2.05. The maximum atomic E-state index is 4.33. The Bertz CT molecular complexity index is 454. The van der Waals surface area contributed by atoms with E-state index in [0.717, 1.165) is 52.7 Å². The summed E-state index contributed by atoms with van der Waals surface area (Å²) in [4.78, 5) is 0. The Labute approximate surface area is 159 Å². The van der Waals surface area contributed by atoms with Crippen molar-refractivity contribution in [3.05, 3.63) is 0 Å². The molecule has 24 heavy (non-hydrogen) atoms. The second-order valence-corrected chi connectivity index (χ2v) is 12.2. The van der Waals surface area contributed by atoms with Crippen LogP contribution in [0.3, 0.4) is 0 Å². The van der Waals surface area contributed by atoms with Crippen LogP contribution in [0.2, 0.25) is 11.6 Å². The van der Waals surface area contributed by atoms with E-state index in [2.05, 4.69) is 57.3 Å². The van der Waals surface area contributed by atoms with Gasteiger partial charge in [-0.2, -0.15) is 15.8 Å². The number of hydrogen-bond donors (Lipinski definition) is 0. The van der Waals surface area contributed by atoms with Crippen molar-refractivity contribution in [1.82, 2.24) is 0 Å². The van der Waals surface area contributed by atoms with Gasteiger partial charge in [-0.25, -0.2) is 0 Å². The fourth-order valence-corrected chi connectivity index (χ4v) is 9.41. The van der Waals surface area contributed by atoms with Gasteiger partial charge in [-0.1, -0.05) is 67.2 Å². The molecule has 0 saturated heterocycles. The van der Waals surface area contributed by atoms with Gasteiger partial charge in [0, 0.05) is 0 Å². The summed E-state index contributed by atoms with van der Waals surface area (Å²) >= 11 is 4.33. The van der Waals surface area contributed by atoms with Gasteiger partial charge >= 0.3 is 0 Å². The Balaban J connectivity index is 1.53. The van der Waals surface area contributed by atoms with Crippen LogP contribution in [0.15, 0.2) is 0 Å². The molecule has 0 heterocycles. The van der Waals surface area contributed by atoms with Gasteiger partial charge in [-0.3, -0.25) is 0 Å². The molecule has 0 amide bonds. The molecular weight excluding hydrogens is 355 g/mol. The first kappa shape index (κ1) is 17.9. The Hall–Kier alpha value is 0.545. The van der Waals surface area contributed by atoms with E-state index in [-0.39, 0.29) is 0 Å². The normalized spacial score (nSPS) is 50.6. The molecule has 0 spiro atoms. The standard InChI is InChI=1S/C22H38BBr/c1-7-15-17-9-13(21(17,3)4)11-19(15)23(24)20-12-14-10-18(16(20)8-2)22(14,5)6/h13-20H,7-12H2,1-6H3/t13-,14-,15+,16+,17-,18-,19-,20-/m0/s1. The smallest absolute Gasteiger partial charge is 0.156 e. The van der Waals surface area contributed by atoms with E-state index in [1.807, 2.05) is 0 Å². The molecule has 6 fully saturated rings. The molecule has 4 bridgehead atoms. The highest BCUT2D eigenvalue weighted by molar-refractivity contribution is 9.24. The molecule has 0 aromatic carbocycles. The molecule has 0 aromatic heterocycles. The monoisotopic (exact) mass is 392 g/mol. The molecule has 0 aliphatic heterocycles. The number of fused-ring (bicyclic) bond motifs is 4. The molecule has 2 heteroatoms. The summed E-state index contributed by atoms with van der Waals surface area (Å²) in [6, 6.07) is 0. The second kappa shape index (κ2) is 5.77. The van der Waals surface area contributed by atoms with Crippen molar-refractivity contribution in [2.45, 2.75) is 91.7 Å². The maximum absolute atomic E-state index is 4.33. The first-order chi connectivity index (χ1) is 11.2. The van der Waals surface area contributed by atoms with Crippen molar-refractivity contribution in [1.29, 1.82) is 0 Å². The molecule has 6 rings (SSSR count). The van der Waals surface area contributed by atoms with Crippen LogP contribution < -0.4 is 0 Å². The highest BCUT2D eigenvalue weighted by atomic mass is 79.9. The zero-order valence-electron chi connectivity index (χ0n) is 16.8. The van der Waals surface area contributed by atoms with Crippen LogP contribution in [-0.2, 0) is 0 Å². The fraction of sp³-hybridized carbons (Fsp3) is 1.00. The average Bonchev–Trinajstić information content (AvgIpc) is 2.59. The average molecular weight is 393 g/mol. The van der Waals surface area contributed by atoms with Crippen molar-refractivity contribution >= 4 is 21.3 Å². The Morgan fingerprint density at radius 2 is 1.12 bits per heavy atom. The van der Waals surface area contributed by atoms with Gasteiger partial charge in [0.05, 0.1) is 0 Å².